The summed E-state index contributed by atoms with van der Waals surface area (Å²) in [6.07, 6.45) is 4.11. The van der Waals surface area contributed by atoms with Crippen LogP contribution in [0.15, 0.2) is 35.1 Å². The summed E-state index contributed by atoms with van der Waals surface area (Å²) in [5, 5.41) is 8.01. The summed E-state index contributed by atoms with van der Waals surface area (Å²) in [5.74, 6) is 0.00775. The van der Waals surface area contributed by atoms with Crippen LogP contribution in [-0.4, -0.2) is 22.7 Å². The molecule has 6 heteroatoms. The Kier molecular flexibility index (Phi) is 3.97. The smallest absolute Gasteiger partial charge is 0.220 e. The Morgan fingerprint density at radius 3 is 3.08 bits per heavy atom. The lowest BCUT2D eigenvalue weighted by Gasteiger charge is -2.27. The third-order valence-corrected chi connectivity index (χ3v) is 4.61. The maximum Gasteiger partial charge on any atom is 0.220 e. The van der Waals surface area contributed by atoms with E-state index in [0.29, 0.717) is 19.6 Å². The normalized spacial score (nSPS) is 16.6. The molecular weight excluding hydrogens is 318 g/mol. The van der Waals surface area contributed by atoms with E-state index in [4.69, 9.17) is 9.26 Å². The highest BCUT2D eigenvalue weighted by molar-refractivity contribution is 5.85. The average molecular weight is 337 g/mol. The molecular formula is C19H19N3O3. The summed E-state index contributed by atoms with van der Waals surface area (Å²) >= 11 is 0. The van der Waals surface area contributed by atoms with Crippen molar-refractivity contribution in [2.45, 2.75) is 32.9 Å². The number of pyridine rings is 1. The number of hydrogen-bond acceptors (Lipinski definition) is 5. The standard InChI is InChI=1S/C19H19N3O3/c1-3-19(23)21-17-10-24-9-16-14(7-20-8-15(16)17)12-4-5-18-13(6-12)11(2)22-25-18/h4-8,17H,3,9-10H2,1-2H3,(H,21,23). The van der Waals surface area contributed by atoms with Crippen molar-refractivity contribution in [3.05, 3.63) is 47.4 Å². The van der Waals surface area contributed by atoms with E-state index >= 15 is 0 Å². The lowest BCUT2D eigenvalue weighted by molar-refractivity contribution is -0.122. The van der Waals surface area contributed by atoms with Gasteiger partial charge in [-0.1, -0.05) is 18.1 Å². The fourth-order valence-corrected chi connectivity index (χ4v) is 3.22. The minimum Gasteiger partial charge on any atom is -0.374 e. The third-order valence-electron chi connectivity index (χ3n) is 4.61. The van der Waals surface area contributed by atoms with Gasteiger partial charge in [0.1, 0.15) is 0 Å². The zero-order valence-corrected chi connectivity index (χ0v) is 14.2. The molecule has 0 saturated heterocycles. The Bertz CT molecular complexity index is 948. The first-order chi connectivity index (χ1) is 12.2. The SMILES string of the molecule is CCC(=O)NC1COCc2c(-c3ccc4onc(C)c4c3)cncc21. The number of ether oxygens (including phenoxy) is 1. The molecule has 2 aromatic heterocycles. The molecule has 1 atom stereocenters. The fourth-order valence-electron chi connectivity index (χ4n) is 3.22. The van der Waals surface area contributed by atoms with Gasteiger partial charge in [0.25, 0.3) is 0 Å². The van der Waals surface area contributed by atoms with Crippen LogP contribution in [0.3, 0.4) is 0 Å². The van der Waals surface area contributed by atoms with Crippen molar-refractivity contribution in [1.82, 2.24) is 15.5 Å². The monoisotopic (exact) mass is 337 g/mol. The van der Waals surface area contributed by atoms with E-state index in [1.54, 1.807) is 0 Å². The van der Waals surface area contributed by atoms with Gasteiger partial charge in [-0.25, -0.2) is 0 Å². The van der Waals surface area contributed by atoms with E-state index in [0.717, 1.165) is 38.9 Å². The molecule has 0 fully saturated rings. The molecule has 6 nitrogen and oxygen atoms in total. The molecule has 1 aliphatic heterocycles. The van der Waals surface area contributed by atoms with Gasteiger partial charge in [-0.2, -0.15) is 0 Å². The van der Waals surface area contributed by atoms with Gasteiger partial charge < -0.3 is 14.6 Å². The van der Waals surface area contributed by atoms with Crippen molar-refractivity contribution in [2.75, 3.05) is 6.61 Å². The van der Waals surface area contributed by atoms with Gasteiger partial charge in [-0.15, -0.1) is 0 Å². The van der Waals surface area contributed by atoms with E-state index in [-0.39, 0.29) is 11.9 Å². The van der Waals surface area contributed by atoms with Gasteiger partial charge in [-0.05, 0) is 30.2 Å². The summed E-state index contributed by atoms with van der Waals surface area (Å²) in [5.41, 5.74) is 5.76. The largest absolute Gasteiger partial charge is 0.374 e. The van der Waals surface area contributed by atoms with Gasteiger partial charge in [0.05, 0.1) is 24.9 Å². The van der Waals surface area contributed by atoms with Crippen LogP contribution in [0.1, 0.15) is 36.2 Å². The van der Waals surface area contributed by atoms with Gasteiger partial charge >= 0.3 is 0 Å². The van der Waals surface area contributed by atoms with E-state index in [1.165, 1.54) is 0 Å². The Balaban J connectivity index is 1.79. The maximum atomic E-state index is 11.8. The number of carbonyl (C=O) groups excluding carboxylic acids is 1. The molecule has 0 aliphatic carbocycles. The minimum atomic E-state index is -0.162. The Morgan fingerprint density at radius 2 is 2.24 bits per heavy atom. The summed E-state index contributed by atoms with van der Waals surface area (Å²) in [6, 6.07) is 5.82. The first-order valence-corrected chi connectivity index (χ1v) is 8.37. The highest BCUT2D eigenvalue weighted by atomic mass is 16.5. The summed E-state index contributed by atoms with van der Waals surface area (Å²) in [4.78, 5) is 16.2. The number of amides is 1. The molecule has 0 bridgehead atoms. The maximum absolute atomic E-state index is 11.8. The first kappa shape index (κ1) is 15.8. The lowest BCUT2D eigenvalue weighted by Crippen LogP contribution is -2.34. The van der Waals surface area contributed by atoms with Crippen molar-refractivity contribution >= 4 is 16.9 Å². The number of nitrogens with one attached hydrogen (secondary N) is 1. The number of fused-ring (bicyclic) bond motifs is 2. The van der Waals surface area contributed by atoms with E-state index in [2.05, 4.69) is 21.5 Å². The summed E-state index contributed by atoms with van der Waals surface area (Å²) < 4.78 is 11.0. The summed E-state index contributed by atoms with van der Waals surface area (Å²) in [7, 11) is 0. The van der Waals surface area contributed by atoms with Crippen LogP contribution in [0.5, 0.6) is 0 Å². The predicted molar refractivity (Wildman–Crippen MR) is 92.8 cm³/mol. The third kappa shape index (κ3) is 2.78. The van der Waals surface area contributed by atoms with Gasteiger partial charge in [0.2, 0.25) is 5.91 Å². The number of hydrogen-bond donors (Lipinski definition) is 1. The molecule has 3 aromatic rings. The quantitative estimate of drug-likeness (QED) is 0.793. The lowest BCUT2D eigenvalue weighted by atomic mass is 9.93. The molecule has 0 spiro atoms. The molecule has 1 amide bonds. The van der Waals surface area contributed by atoms with Crippen molar-refractivity contribution in [2.24, 2.45) is 0 Å². The van der Waals surface area contributed by atoms with Crippen molar-refractivity contribution in [3.63, 3.8) is 0 Å². The second-order valence-corrected chi connectivity index (χ2v) is 6.22. The number of nitrogens with zero attached hydrogens (tertiary/aromatic N) is 2. The molecule has 1 unspecified atom stereocenters. The van der Waals surface area contributed by atoms with Crippen molar-refractivity contribution in [3.8, 4) is 11.1 Å². The van der Waals surface area contributed by atoms with Crippen LogP contribution < -0.4 is 5.32 Å². The number of aryl methyl sites for hydroxylation is 1. The van der Waals surface area contributed by atoms with Gasteiger partial charge in [0.15, 0.2) is 5.58 Å². The molecule has 3 heterocycles. The average Bonchev–Trinajstić information content (AvgIpc) is 3.02. The van der Waals surface area contributed by atoms with Gasteiger partial charge in [-0.3, -0.25) is 9.78 Å². The van der Waals surface area contributed by atoms with Crippen molar-refractivity contribution < 1.29 is 14.1 Å². The molecule has 1 N–H and O–H groups in total. The van der Waals surface area contributed by atoms with Gasteiger partial charge in [0, 0.05) is 35.3 Å². The highest BCUT2D eigenvalue weighted by Gasteiger charge is 2.25. The Hall–Kier alpha value is -2.73. The van der Waals surface area contributed by atoms with E-state index in [9.17, 15) is 4.79 Å². The topological polar surface area (TPSA) is 77.2 Å². The van der Waals surface area contributed by atoms with Crippen molar-refractivity contribution in [1.29, 1.82) is 0 Å². The number of aromatic nitrogens is 2. The van der Waals surface area contributed by atoms with E-state index < -0.39 is 0 Å². The van der Waals surface area contributed by atoms with Crippen LogP contribution in [0.2, 0.25) is 0 Å². The highest BCUT2D eigenvalue weighted by Crippen LogP contribution is 2.34. The Labute approximate surface area is 145 Å². The van der Waals surface area contributed by atoms with Crippen LogP contribution in [0.25, 0.3) is 22.1 Å². The molecule has 4 rings (SSSR count). The fraction of sp³-hybridized carbons (Fsp3) is 0.316. The summed E-state index contributed by atoms with van der Waals surface area (Å²) in [6.45, 7) is 4.73. The van der Waals surface area contributed by atoms with Crippen LogP contribution in [-0.2, 0) is 16.1 Å². The Morgan fingerprint density at radius 1 is 1.36 bits per heavy atom. The molecule has 25 heavy (non-hydrogen) atoms. The predicted octanol–water partition coefficient (Wildman–Crippen LogP) is 3.30. The molecule has 0 radical (unpaired) electrons. The van der Waals surface area contributed by atoms with Crippen LogP contribution >= 0.6 is 0 Å². The zero-order chi connectivity index (χ0) is 17.4. The second-order valence-electron chi connectivity index (χ2n) is 6.22. The zero-order valence-electron chi connectivity index (χ0n) is 14.2. The van der Waals surface area contributed by atoms with E-state index in [1.807, 2.05) is 38.4 Å². The first-order valence-electron chi connectivity index (χ1n) is 8.37. The number of benzene rings is 1. The molecule has 0 saturated carbocycles. The number of rotatable bonds is 3. The minimum absolute atomic E-state index is 0.00775. The van der Waals surface area contributed by atoms with Crippen LogP contribution in [0.4, 0.5) is 0 Å². The molecule has 1 aliphatic rings. The molecule has 128 valence electrons. The number of carbonyl (C=O) groups is 1. The molecule has 1 aromatic carbocycles. The second kappa shape index (κ2) is 6.29. The van der Waals surface area contributed by atoms with Crippen LogP contribution in [0, 0.1) is 6.92 Å².